The smallest absolute Gasteiger partial charge is 0.227 e. The molecule has 1 amide bonds. The molecule has 1 unspecified atom stereocenters. The number of carbonyl (C=O) groups is 1. The van der Waals surface area contributed by atoms with Crippen LogP contribution >= 0.6 is 0 Å². The van der Waals surface area contributed by atoms with Gasteiger partial charge in [-0.05, 0) is 37.5 Å². The van der Waals surface area contributed by atoms with Crippen LogP contribution in [0.4, 0.5) is 0 Å². The first-order valence-corrected chi connectivity index (χ1v) is 9.97. The van der Waals surface area contributed by atoms with Gasteiger partial charge in [0.1, 0.15) is 5.75 Å². The fraction of sp³-hybridized carbons (Fsp3) is 0.348. The van der Waals surface area contributed by atoms with Gasteiger partial charge in [0.05, 0.1) is 13.2 Å². The summed E-state index contributed by atoms with van der Waals surface area (Å²) in [5.74, 6) is 1.98. The molecule has 0 N–H and O–H groups in total. The van der Waals surface area contributed by atoms with Crippen LogP contribution in [0.15, 0.2) is 53.1 Å². The molecule has 6 nitrogen and oxygen atoms in total. The number of likely N-dealkylation sites (tertiary alicyclic amines) is 1. The van der Waals surface area contributed by atoms with Crippen molar-refractivity contribution in [1.29, 1.82) is 0 Å². The SMILES string of the molecule is COc1cccc(C2CCCN2C(=O)CCc2nc(-c3ccc(C)cc3)no2)c1. The van der Waals surface area contributed by atoms with Crippen molar-refractivity contribution in [2.24, 2.45) is 0 Å². The lowest BCUT2D eigenvalue weighted by molar-refractivity contribution is -0.132. The number of aromatic nitrogens is 2. The van der Waals surface area contributed by atoms with Crippen LogP contribution in [0.1, 0.15) is 42.3 Å². The predicted molar refractivity (Wildman–Crippen MR) is 109 cm³/mol. The largest absolute Gasteiger partial charge is 0.497 e. The van der Waals surface area contributed by atoms with Gasteiger partial charge < -0.3 is 14.2 Å². The maximum Gasteiger partial charge on any atom is 0.227 e. The van der Waals surface area contributed by atoms with E-state index in [1.165, 1.54) is 5.56 Å². The number of hydrogen-bond donors (Lipinski definition) is 0. The zero-order valence-corrected chi connectivity index (χ0v) is 16.8. The number of hydrogen-bond acceptors (Lipinski definition) is 5. The van der Waals surface area contributed by atoms with Gasteiger partial charge in [-0.15, -0.1) is 0 Å². The van der Waals surface area contributed by atoms with E-state index >= 15 is 0 Å². The summed E-state index contributed by atoms with van der Waals surface area (Å²) in [6, 6.07) is 16.0. The van der Waals surface area contributed by atoms with Crippen molar-refractivity contribution < 1.29 is 14.1 Å². The van der Waals surface area contributed by atoms with Crippen molar-refractivity contribution in [2.75, 3.05) is 13.7 Å². The van der Waals surface area contributed by atoms with Gasteiger partial charge in [0.25, 0.3) is 0 Å². The molecule has 0 spiro atoms. The second kappa shape index (κ2) is 8.47. The van der Waals surface area contributed by atoms with Gasteiger partial charge in [0.15, 0.2) is 0 Å². The number of nitrogens with zero attached hydrogens (tertiary/aromatic N) is 3. The fourth-order valence-corrected chi connectivity index (χ4v) is 3.79. The molecule has 1 aliphatic heterocycles. The van der Waals surface area contributed by atoms with Crippen LogP contribution in [0.2, 0.25) is 0 Å². The van der Waals surface area contributed by atoms with Gasteiger partial charge >= 0.3 is 0 Å². The Morgan fingerprint density at radius 1 is 1.24 bits per heavy atom. The second-order valence-corrected chi connectivity index (χ2v) is 7.40. The first kappa shape index (κ1) is 19.2. The van der Waals surface area contributed by atoms with Crippen molar-refractivity contribution >= 4 is 5.91 Å². The van der Waals surface area contributed by atoms with Crippen LogP contribution in [0.5, 0.6) is 5.75 Å². The van der Waals surface area contributed by atoms with Crippen molar-refractivity contribution in [3.8, 4) is 17.1 Å². The average Bonchev–Trinajstić information content (AvgIpc) is 3.42. The molecule has 1 aromatic heterocycles. The predicted octanol–water partition coefficient (Wildman–Crippen LogP) is 4.35. The highest BCUT2D eigenvalue weighted by Crippen LogP contribution is 2.34. The summed E-state index contributed by atoms with van der Waals surface area (Å²) in [5, 5.41) is 4.05. The van der Waals surface area contributed by atoms with Crippen LogP contribution in [-0.4, -0.2) is 34.6 Å². The van der Waals surface area contributed by atoms with Crippen molar-refractivity contribution in [1.82, 2.24) is 15.0 Å². The summed E-state index contributed by atoms with van der Waals surface area (Å²) in [7, 11) is 1.66. The number of ether oxygens (including phenoxy) is 1. The lowest BCUT2D eigenvalue weighted by Crippen LogP contribution is -2.30. The standard InChI is InChI=1S/C23H25N3O3/c1-16-8-10-17(11-9-16)23-24-21(29-25-23)12-13-22(27)26-14-4-7-20(26)18-5-3-6-19(15-18)28-2/h3,5-6,8-11,15,20H,4,7,12-14H2,1-2H3. The molecule has 1 fully saturated rings. The molecule has 2 aromatic carbocycles. The minimum atomic E-state index is 0.100. The number of benzene rings is 2. The maximum atomic E-state index is 12.9. The maximum absolute atomic E-state index is 12.9. The zero-order valence-electron chi connectivity index (χ0n) is 16.8. The van der Waals surface area contributed by atoms with E-state index in [4.69, 9.17) is 9.26 Å². The number of carbonyl (C=O) groups excluding carboxylic acids is 1. The van der Waals surface area contributed by atoms with Gasteiger partial charge in [-0.2, -0.15) is 4.98 Å². The third kappa shape index (κ3) is 4.31. The molecule has 4 rings (SSSR count). The van der Waals surface area contributed by atoms with Gasteiger partial charge in [-0.25, -0.2) is 0 Å². The molecule has 29 heavy (non-hydrogen) atoms. The number of methoxy groups -OCH3 is 1. The molecule has 6 heteroatoms. The van der Waals surface area contributed by atoms with E-state index in [2.05, 4.69) is 16.2 Å². The first-order chi connectivity index (χ1) is 14.1. The third-order valence-electron chi connectivity index (χ3n) is 5.38. The summed E-state index contributed by atoms with van der Waals surface area (Å²) < 4.78 is 10.7. The highest BCUT2D eigenvalue weighted by Gasteiger charge is 2.30. The molecule has 1 atom stereocenters. The lowest BCUT2D eigenvalue weighted by Gasteiger charge is -2.25. The monoisotopic (exact) mass is 391 g/mol. The average molecular weight is 391 g/mol. The third-order valence-corrected chi connectivity index (χ3v) is 5.38. The molecule has 0 radical (unpaired) electrons. The highest BCUT2D eigenvalue weighted by molar-refractivity contribution is 5.77. The molecule has 0 saturated carbocycles. The summed E-state index contributed by atoms with van der Waals surface area (Å²) in [6.45, 7) is 2.81. The second-order valence-electron chi connectivity index (χ2n) is 7.40. The van der Waals surface area contributed by atoms with Gasteiger partial charge in [0, 0.05) is 24.9 Å². The summed E-state index contributed by atoms with van der Waals surface area (Å²) in [6.07, 6.45) is 2.78. The van der Waals surface area contributed by atoms with Crippen molar-refractivity contribution in [3.63, 3.8) is 0 Å². The van der Waals surface area contributed by atoms with Gasteiger partial charge in [-0.3, -0.25) is 4.79 Å². The van der Waals surface area contributed by atoms with E-state index in [0.29, 0.717) is 24.6 Å². The number of rotatable bonds is 6. The Morgan fingerprint density at radius 2 is 2.07 bits per heavy atom. The molecule has 0 bridgehead atoms. The van der Waals surface area contributed by atoms with Gasteiger partial charge in [-0.1, -0.05) is 47.1 Å². The summed E-state index contributed by atoms with van der Waals surface area (Å²) in [4.78, 5) is 19.3. The summed E-state index contributed by atoms with van der Waals surface area (Å²) in [5.41, 5.74) is 3.21. The first-order valence-electron chi connectivity index (χ1n) is 9.97. The lowest BCUT2D eigenvalue weighted by atomic mass is 10.0. The van der Waals surface area contributed by atoms with Crippen LogP contribution in [0.3, 0.4) is 0 Å². The van der Waals surface area contributed by atoms with E-state index in [-0.39, 0.29) is 11.9 Å². The Morgan fingerprint density at radius 3 is 2.86 bits per heavy atom. The minimum Gasteiger partial charge on any atom is -0.497 e. The minimum absolute atomic E-state index is 0.100. The van der Waals surface area contributed by atoms with E-state index in [1.54, 1.807) is 7.11 Å². The Bertz CT molecular complexity index is 981. The van der Waals surface area contributed by atoms with E-state index in [9.17, 15) is 4.79 Å². The van der Waals surface area contributed by atoms with E-state index in [1.807, 2.05) is 54.3 Å². The van der Waals surface area contributed by atoms with Crippen LogP contribution in [0, 0.1) is 6.92 Å². The quantitative estimate of drug-likeness (QED) is 0.625. The van der Waals surface area contributed by atoms with Crippen LogP contribution < -0.4 is 4.74 Å². The topological polar surface area (TPSA) is 68.5 Å². The fourth-order valence-electron chi connectivity index (χ4n) is 3.79. The zero-order chi connectivity index (χ0) is 20.2. The Kier molecular flexibility index (Phi) is 5.60. The molecule has 1 saturated heterocycles. The van der Waals surface area contributed by atoms with E-state index in [0.717, 1.165) is 36.3 Å². The summed E-state index contributed by atoms with van der Waals surface area (Å²) >= 11 is 0. The van der Waals surface area contributed by atoms with E-state index < -0.39 is 0 Å². The molecule has 0 aliphatic carbocycles. The van der Waals surface area contributed by atoms with Crippen LogP contribution in [0.25, 0.3) is 11.4 Å². The Hall–Kier alpha value is -3.15. The van der Waals surface area contributed by atoms with Crippen molar-refractivity contribution in [3.05, 3.63) is 65.5 Å². The van der Waals surface area contributed by atoms with Crippen molar-refractivity contribution in [2.45, 2.75) is 38.6 Å². The molecular weight excluding hydrogens is 366 g/mol. The number of aryl methyl sites for hydroxylation is 2. The molecule has 3 aromatic rings. The number of amides is 1. The Balaban J connectivity index is 1.39. The Labute approximate surface area is 170 Å². The molecular formula is C23H25N3O3. The molecule has 1 aliphatic rings. The molecule has 150 valence electrons. The van der Waals surface area contributed by atoms with Gasteiger partial charge in [0.2, 0.25) is 17.6 Å². The highest BCUT2D eigenvalue weighted by atomic mass is 16.5. The molecule has 2 heterocycles. The normalized spacial score (nSPS) is 16.2. The van der Waals surface area contributed by atoms with Crippen LogP contribution in [-0.2, 0) is 11.2 Å².